The van der Waals surface area contributed by atoms with E-state index in [0.717, 1.165) is 34.2 Å². The fourth-order valence-electron chi connectivity index (χ4n) is 5.48. The highest BCUT2D eigenvalue weighted by Gasteiger charge is 2.30. The minimum atomic E-state index is -4.07. The molecule has 5 aromatic carbocycles. The minimum Gasteiger partial charge on any atom is -0.480 e. The van der Waals surface area contributed by atoms with E-state index in [0.29, 0.717) is 5.56 Å². The van der Waals surface area contributed by atoms with Gasteiger partial charge in [0.25, 0.3) is 0 Å². The lowest BCUT2D eigenvalue weighted by atomic mass is 10.0. The predicted molar refractivity (Wildman–Crippen MR) is 180 cm³/mol. The second-order valence-electron chi connectivity index (χ2n) is 11.3. The summed E-state index contributed by atoms with van der Waals surface area (Å²) in [5.41, 5.74) is 7.66. The quantitative estimate of drug-likeness (QED) is 0.112. The van der Waals surface area contributed by atoms with Gasteiger partial charge >= 0.3 is 19.9 Å². The molecule has 0 radical (unpaired) electrons. The number of nitrogens with one attached hydrogen (secondary N) is 1. The molecule has 6 rings (SSSR count). The van der Waals surface area contributed by atoms with Crippen LogP contribution in [0.25, 0.3) is 11.1 Å². The number of fused-ring (bicyclic) bond motifs is 3. The van der Waals surface area contributed by atoms with Crippen LogP contribution in [0, 0.1) is 0 Å². The van der Waals surface area contributed by atoms with Crippen LogP contribution in [0.2, 0.25) is 0 Å². The topological polar surface area (TPSA) is 120 Å². The van der Waals surface area contributed by atoms with Crippen molar-refractivity contribution in [1.29, 1.82) is 0 Å². The minimum absolute atomic E-state index is 0.00739. The SMILES string of the molecule is O=C(NC(Cc1ccc(OP(=O)(OCc2ccccc2)OCc2ccccc2)cc1)C(=O)O)OCc1cccc2c1Cc1ccccc1-2. The van der Waals surface area contributed by atoms with Crippen LogP contribution < -0.4 is 9.84 Å². The fraction of sp³-hybridized carbons (Fsp3) is 0.158. The number of hydrogen-bond donors (Lipinski definition) is 2. The zero-order valence-electron chi connectivity index (χ0n) is 26.0. The lowest BCUT2D eigenvalue weighted by Crippen LogP contribution is -2.42. The first-order valence-electron chi connectivity index (χ1n) is 15.5. The molecule has 0 aliphatic heterocycles. The van der Waals surface area contributed by atoms with Gasteiger partial charge in [0.05, 0.1) is 13.2 Å². The number of aliphatic carboxylic acids is 1. The monoisotopic (exact) mass is 663 g/mol. The lowest BCUT2D eigenvalue weighted by molar-refractivity contribution is -0.139. The van der Waals surface area contributed by atoms with Gasteiger partial charge in [-0.1, -0.05) is 115 Å². The van der Waals surface area contributed by atoms with Crippen LogP contribution >= 0.6 is 7.82 Å². The van der Waals surface area contributed by atoms with E-state index in [9.17, 15) is 19.3 Å². The normalized spacial score (nSPS) is 12.4. The third-order valence-electron chi connectivity index (χ3n) is 7.94. The molecule has 9 nitrogen and oxygen atoms in total. The molecular formula is C38H34NO8P. The third-order valence-corrected chi connectivity index (χ3v) is 9.27. The summed E-state index contributed by atoms with van der Waals surface area (Å²) < 4.78 is 36.2. The molecule has 10 heteroatoms. The highest BCUT2D eigenvalue weighted by molar-refractivity contribution is 7.48. The van der Waals surface area contributed by atoms with Crippen molar-refractivity contribution in [1.82, 2.24) is 5.32 Å². The van der Waals surface area contributed by atoms with Crippen molar-refractivity contribution in [2.24, 2.45) is 0 Å². The lowest BCUT2D eigenvalue weighted by Gasteiger charge is -2.19. The number of amides is 1. The Kier molecular flexibility index (Phi) is 10.3. The molecule has 1 amide bonds. The van der Waals surface area contributed by atoms with Gasteiger partial charge in [-0.15, -0.1) is 0 Å². The molecule has 0 saturated carbocycles. The molecule has 0 aromatic heterocycles. The summed E-state index contributed by atoms with van der Waals surface area (Å²) in [6.07, 6.45) is -0.103. The maximum atomic E-state index is 13.7. The van der Waals surface area contributed by atoms with Crippen molar-refractivity contribution in [3.8, 4) is 16.9 Å². The Morgan fingerprint density at radius 1 is 0.688 bits per heavy atom. The van der Waals surface area contributed by atoms with Crippen LogP contribution in [-0.4, -0.2) is 23.2 Å². The summed E-state index contributed by atoms with van der Waals surface area (Å²) in [4.78, 5) is 24.8. The van der Waals surface area contributed by atoms with Crippen LogP contribution in [0.1, 0.15) is 33.4 Å². The number of carboxylic acids is 1. The Hall–Kier alpha value is -5.21. The zero-order valence-corrected chi connectivity index (χ0v) is 26.9. The maximum absolute atomic E-state index is 13.7. The molecule has 1 aliphatic rings. The van der Waals surface area contributed by atoms with Gasteiger partial charge in [-0.2, -0.15) is 0 Å². The number of carboxylic acid groups (broad SMARTS) is 1. The fourth-order valence-corrected chi connectivity index (χ4v) is 6.66. The number of carbonyl (C=O) groups excluding carboxylic acids is 1. The van der Waals surface area contributed by atoms with Crippen molar-refractivity contribution < 1.29 is 37.6 Å². The molecule has 0 heterocycles. The molecule has 5 aromatic rings. The number of phosphoric ester groups is 1. The molecule has 1 aliphatic carbocycles. The molecule has 0 spiro atoms. The molecule has 1 atom stereocenters. The van der Waals surface area contributed by atoms with Gasteiger partial charge in [0.15, 0.2) is 0 Å². The Bertz CT molecular complexity index is 1870. The van der Waals surface area contributed by atoms with Crippen molar-refractivity contribution in [3.05, 3.63) is 161 Å². The van der Waals surface area contributed by atoms with Crippen LogP contribution in [0.15, 0.2) is 127 Å². The molecule has 0 bridgehead atoms. The number of carbonyl (C=O) groups is 2. The van der Waals surface area contributed by atoms with Crippen molar-refractivity contribution >= 4 is 19.9 Å². The highest BCUT2D eigenvalue weighted by Crippen LogP contribution is 2.51. The second-order valence-corrected chi connectivity index (χ2v) is 12.9. The molecule has 2 N–H and O–H groups in total. The number of ether oxygens (including phenoxy) is 1. The van der Waals surface area contributed by atoms with Gasteiger partial charge in [-0.25, -0.2) is 14.2 Å². The van der Waals surface area contributed by atoms with E-state index in [4.69, 9.17) is 18.3 Å². The Balaban J connectivity index is 1.06. The zero-order chi connectivity index (χ0) is 33.3. The first-order chi connectivity index (χ1) is 23.3. The average Bonchev–Trinajstić information content (AvgIpc) is 3.50. The Morgan fingerprint density at radius 2 is 1.29 bits per heavy atom. The first-order valence-corrected chi connectivity index (χ1v) is 16.9. The summed E-state index contributed by atoms with van der Waals surface area (Å²) >= 11 is 0. The second kappa shape index (κ2) is 15.1. The van der Waals surface area contributed by atoms with Crippen LogP contribution in [0.4, 0.5) is 4.79 Å². The van der Waals surface area contributed by atoms with E-state index in [1.807, 2.05) is 84.9 Å². The van der Waals surface area contributed by atoms with Gasteiger partial charge in [0, 0.05) is 6.42 Å². The van der Waals surface area contributed by atoms with E-state index >= 15 is 0 Å². The van der Waals surface area contributed by atoms with Crippen molar-refractivity contribution in [2.45, 2.75) is 38.7 Å². The van der Waals surface area contributed by atoms with Crippen LogP contribution in [-0.2, 0) is 55.8 Å². The van der Waals surface area contributed by atoms with E-state index < -0.39 is 25.9 Å². The number of rotatable bonds is 14. The number of phosphoric acid groups is 1. The van der Waals surface area contributed by atoms with Crippen molar-refractivity contribution in [3.63, 3.8) is 0 Å². The summed E-state index contributed by atoms with van der Waals surface area (Å²) in [7, 11) is -4.07. The maximum Gasteiger partial charge on any atom is 0.530 e. The first kappa shape index (κ1) is 32.7. The number of alkyl carbamates (subject to hydrolysis) is 1. The Morgan fingerprint density at radius 3 is 1.94 bits per heavy atom. The largest absolute Gasteiger partial charge is 0.530 e. The average molecular weight is 664 g/mol. The predicted octanol–water partition coefficient (Wildman–Crippen LogP) is 8.10. The van der Waals surface area contributed by atoms with E-state index in [-0.39, 0.29) is 32.0 Å². The van der Waals surface area contributed by atoms with Gasteiger partial charge in [-0.05, 0) is 63.1 Å². The molecule has 0 saturated heterocycles. The number of hydrogen-bond acceptors (Lipinski definition) is 7. The molecule has 48 heavy (non-hydrogen) atoms. The Labute approximate surface area is 278 Å². The van der Waals surface area contributed by atoms with Gasteiger partial charge in [0.1, 0.15) is 18.4 Å². The third kappa shape index (κ3) is 8.38. The summed E-state index contributed by atoms with van der Waals surface area (Å²) in [5.74, 6) is -1.00. The number of benzene rings is 5. The van der Waals surface area contributed by atoms with Crippen LogP contribution in [0.3, 0.4) is 0 Å². The molecular weight excluding hydrogens is 629 g/mol. The molecule has 1 unspecified atom stereocenters. The summed E-state index contributed by atoms with van der Waals surface area (Å²) in [5, 5.41) is 12.3. The van der Waals surface area contributed by atoms with Gasteiger partial charge in [-0.3, -0.25) is 9.05 Å². The van der Waals surface area contributed by atoms with E-state index in [2.05, 4.69) is 23.5 Å². The van der Waals surface area contributed by atoms with E-state index in [1.165, 1.54) is 11.1 Å². The highest BCUT2D eigenvalue weighted by atomic mass is 31.2. The van der Waals surface area contributed by atoms with E-state index in [1.54, 1.807) is 24.3 Å². The summed E-state index contributed by atoms with van der Waals surface area (Å²) in [6.45, 7) is 0.0288. The van der Waals surface area contributed by atoms with Gasteiger partial charge in [0.2, 0.25) is 0 Å². The van der Waals surface area contributed by atoms with Crippen LogP contribution in [0.5, 0.6) is 5.75 Å². The van der Waals surface area contributed by atoms with Crippen molar-refractivity contribution in [2.75, 3.05) is 0 Å². The van der Waals surface area contributed by atoms with Gasteiger partial charge < -0.3 is 19.7 Å². The molecule has 244 valence electrons. The standard InChI is InChI=1S/C38H34NO8P/c40-37(41)36(39-38(42)44-26-31-15-9-17-34-33-16-8-7-14-30(33)23-35(31)34)22-27-18-20-32(21-19-27)47-48(43,45-24-28-10-3-1-4-11-28)46-25-29-12-5-2-6-13-29/h1-21,36H,22-26H2,(H,39,42)(H,40,41). The summed E-state index contributed by atoms with van der Waals surface area (Å²) in [6, 6.07) is 37.6. The smallest absolute Gasteiger partial charge is 0.480 e. The molecule has 0 fully saturated rings.